The largest absolute Gasteiger partial charge is 0.467 e. The van der Waals surface area contributed by atoms with E-state index in [1.54, 1.807) is 31.4 Å². The van der Waals surface area contributed by atoms with Crippen molar-refractivity contribution in [3.8, 4) is 0 Å². The SMILES string of the molecule is CCC(=O)Nc1ccc(Cl)c(NCc2ccco2)c1. The van der Waals surface area contributed by atoms with Gasteiger partial charge >= 0.3 is 0 Å². The van der Waals surface area contributed by atoms with Gasteiger partial charge in [0.05, 0.1) is 23.5 Å². The van der Waals surface area contributed by atoms with Crippen LogP contribution in [0.15, 0.2) is 41.0 Å². The molecule has 0 radical (unpaired) electrons. The van der Waals surface area contributed by atoms with E-state index in [4.69, 9.17) is 16.0 Å². The second-order valence-corrected chi connectivity index (χ2v) is 4.44. The highest BCUT2D eigenvalue weighted by Crippen LogP contribution is 2.26. The van der Waals surface area contributed by atoms with Crippen molar-refractivity contribution in [2.45, 2.75) is 19.9 Å². The second-order valence-electron chi connectivity index (χ2n) is 4.03. The van der Waals surface area contributed by atoms with Crippen LogP contribution in [0.2, 0.25) is 5.02 Å². The molecule has 0 spiro atoms. The quantitative estimate of drug-likeness (QED) is 0.872. The lowest BCUT2D eigenvalue weighted by atomic mass is 10.2. The molecule has 0 aliphatic carbocycles. The van der Waals surface area contributed by atoms with E-state index < -0.39 is 0 Å². The highest BCUT2D eigenvalue weighted by Gasteiger charge is 2.05. The minimum absolute atomic E-state index is 0.0284. The highest BCUT2D eigenvalue weighted by molar-refractivity contribution is 6.33. The Balaban J connectivity index is 2.06. The Labute approximate surface area is 116 Å². The van der Waals surface area contributed by atoms with E-state index >= 15 is 0 Å². The molecule has 0 aliphatic rings. The van der Waals surface area contributed by atoms with Crippen LogP contribution in [0.3, 0.4) is 0 Å². The van der Waals surface area contributed by atoms with Gasteiger partial charge in [-0.2, -0.15) is 0 Å². The molecule has 2 rings (SSSR count). The standard InChI is InChI=1S/C14H15ClN2O2/c1-2-14(18)17-10-5-6-12(15)13(8-10)16-9-11-4-3-7-19-11/h3-8,16H,2,9H2,1H3,(H,17,18). The third-order valence-electron chi connectivity index (χ3n) is 2.60. The zero-order chi connectivity index (χ0) is 13.7. The van der Waals surface area contributed by atoms with Gasteiger partial charge in [-0.1, -0.05) is 18.5 Å². The van der Waals surface area contributed by atoms with Gasteiger partial charge in [0, 0.05) is 12.1 Å². The third kappa shape index (κ3) is 3.76. The molecule has 0 saturated heterocycles. The maximum absolute atomic E-state index is 11.3. The van der Waals surface area contributed by atoms with Crippen LogP contribution in [0.4, 0.5) is 11.4 Å². The summed E-state index contributed by atoms with van der Waals surface area (Å²) in [7, 11) is 0. The van der Waals surface area contributed by atoms with Crippen LogP contribution < -0.4 is 10.6 Å². The second kappa shape index (κ2) is 6.29. The summed E-state index contributed by atoms with van der Waals surface area (Å²) in [5.74, 6) is 0.790. The Kier molecular flexibility index (Phi) is 4.47. The van der Waals surface area contributed by atoms with E-state index in [1.165, 1.54) is 0 Å². The van der Waals surface area contributed by atoms with Gasteiger partial charge < -0.3 is 15.1 Å². The first-order chi connectivity index (χ1) is 9.19. The number of furan rings is 1. The van der Waals surface area contributed by atoms with Crippen LogP contribution in [0.1, 0.15) is 19.1 Å². The molecule has 1 amide bonds. The maximum Gasteiger partial charge on any atom is 0.224 e. The molecule has 0 unspecified atom stereocenters. The summed E-state index contributed by atoms with van der Waals surface area (Å²) in [4.78, 5) is 11.3. The topological polar surface area (TPSA) is 54.3 Å². The number of rotatable bonds is 5. The molecule has 4 nitrogen and oxygen atoms in total. The van der Waals surface area contributed by atoms with Crippen molar-refractivity contribution >= 4 is 28.9 Å². The monoisotopic (exact) mass is 278 g/mol. The van der Waals surface area contributed by atoms with Gasteiger partial charge in [0.2, 0.25) is 5.91 Å². The molecule has 0 saturated carbocycles. The summed E-state index contributed by atoms with van der Waals surface area (Å²) in [5.41, 5.74) is 1.48. The molecule has 0 bridgehead atoms. The van der Waals surface area contributed by atoms with Gasteiger partial charge in [0.25, 0.3) is 0 Å². The van der Waals surface area contributed by atoms with E-state index in [0.717, 1.165) is 17.1 Å². The van der Waals surface area contributed by atoms with Gasteiger partial charge in [-0.25, -0.2) is 0 Å². The van der Waals surface area contributed by atoms with E-state index in [9.17, 15) is 4.79 Å². The van der Waals surface area contributed by atoms with Gasteiger partial charge in [-0.15, -0.1) is 0 Å². The Morgan fingerprint density at radius 1 is 1.37 bits per heavy atom. The van der Waals surface area contributed by atoms with E-state index in [0.29, 0.717) is 18.0 Å². The average Bonchev–Trinajstić information content (AvgIpc) is 2.92. The van der Waals surface area contributed by atoms with Crippen molar-refractivity contribution in [1.82, 2.24) is 0 Å². The molecule has 2 aromatic rings. The average molecular weight is 279 g/mol. The molecule has 5 heteroatoms. The van der Waals surface area contributed by atoms with Crippen molar-refractivity contribution < 1.29 is 9.21 Å². The van der Waals surface area contributed by atoms with Crippen LogP contribution in [0.25, 0.3) is 0 Å². The lowest BCUT2D eigenvalue weighted by molar-refractivity contribution is -0.115. The summed E-state index contributed by atoms with van der Waals surface area (Å²) >= 11 is 6.10. The number of hydrogen-bond acceptors (Lipinski definition) is 3. The molecule has 1 aromatic heterocycles. The number of carbonyl (C=O) groups excluding carboxylic acids is 1. The van der Waals surface area contributed by atoms with Gasteiger partial charge in [-0.3, -0.25) is 4.79 Å². The first-order valence-electron chi connectivity index (χ1n) is 6.04. The molecule has 2 N–H and O–H groups in total. The predicted octanol–water partition coefficient (Wildman–Crippen LogP) is 3.89. The zero-order valence-corrected chi connectivity index (χ0v) is 11.3. The lowest BCUT2D eigenvalue weighted by Crippen LogP contribution is -2.09. The van der Waals surface area contributed by atoms with Crippen molar-refractivity contribution in [2.75, 3.05) is 10.6 Å². The molecular weight excluding hydrogens is 264 g/mol. The summed E-state index contributed by atoms with van der Waals surface area (Å²) in [6.45, 7) is 2.35. The fraction of sp³-hybridized carbons (Fsp3) is 0.214. The predicted molar refractivity (Wildman–Crippen MR) is 76.4 cm³/mol. The number of nitrogens with one attached hydrogen (secondary N) is 2. The Morgan fingerprint density at radius 2 is 2.21 bits per heavy atom. The molecule has 19 heavy (non-hydrogen) atoms. The zero-order valence-electron chi connectivity index (χ0n) is 10.6. The van der Waals surface area contributed by atoms with Crippen LogP contribution in [-0.2, 0) is 11.3 Å². The fourth-order valence-electron chi connectivity index (χ4n) is 1.58. The molecule has 0 aliphatic heterocycles. The van der Waals surface area contributed by atoms with E-state index in [2.05, 4.69) is 10.6 Å². The first-order valence-corrected chi connectivity index (χ1v) is 6.42. The molecule has 0 atom stereocenters. The van der Waals surface area contributed by atoms with Crippen LogP contribution in [0.5, 0.6) is 0 Å². The van der Waals surface area contributed by atoms with Gasteiger partial charge in [0.1, 0.15) is 5.76 Å². The first kappa shape index (κ1) is 13.5. The number of amides is 1. The number of anilines is 2. The number of hydrogen-bond donors (Lipinski definition) is 2. The molecule has 0 fully saturated rings. The van der Waals surface area contributed by atoms with Crippen molar-refractivity contribution in [3.63, 3.8) is 0 Å². The summed E-state index contributed by atoms with van der Waals surface area (Å²) < 4.78 is 5.23. The Bertz CT molecular complexity index is 553. The van der Waals surface area contributed by atoms with E-state index in [-0.39, 0.29) is 5.91 Å². The van der Waals surface area contributed by atoms with Crippen LogP contribution in [0, 0.1) is 0 Å². The lowest BCUT2D eigenvalue weighted by Gasteiger charge is -2.10. The number of benzene rings is 1. The molecule has 100 valence electrons. The minimum Gasteiger partial charge on any atom is -0.467 e. The third-order valence-corrected chi connectivity index (χ3v) is 2.93. The van der Waals surface area contributed by atoms with Gasteiger partial charge in [0.15, 0.2) is 0 Å². The fourth-order valence-corrected chi connectivity index (χ4v) is 1.77. The maximum atomic E-state index is 11.3. The van der Waals surface area contributed by atoms with Crippen molar-refractivity contribution in [2.24, 2.45) is 0 Å². The summed E-state index contributed by atoms with van der Waals surface area (Å²) in [5, 5.41) is 6.56. The summed E-state index contributed by atoms with van der Waals surface area (Å²) in [6, 6.07) is 9.03. The van der Waals surface area contributed by atoms with Crippen molar-refractivity contribution in [3.05, 3.63) is 47.4 Å². The van der Waals surface area contributed by atoms with Crippen molar-refractivity contribution in [1.29, 1.82) is 0 Å². The number of carbonyl (C=O) groups is 1. The Morgan fingerprint density at radius 3 is 2.89 bits per heavy atom. The normalized spacial score (nSPS) is 10.2. The summed E-state index contributed by atoms with van der Waals surface area (Å²) in [6.07, 6.45) is 2.06. The number of halogens is 1. The van der Waals surface area contributed by atoms with Crippen LogP contribution in [-0.4, -0.2) is 5.91 Å². The van der Waals surface area contributed by atoms with Crippen LogP contribution >= 0.6 is 11.6 Å². The smallest absolute Gasteiger partial charge is 0.224 e. The molecule has 1 aromatic carbocycles. The van der Waals surface area contributed by atoms with E-state index in [1.807, 2.05) is 12.1 Å². The molecular formula is C14H15ClN2O2. The minimum atomic E-state index is -0.0284. The van der Waals surface area contributed by atoms with Gasteiger partial charge in [-0.05, 0) is 30.3 Å². The highest BCUT2D eigenvalue weighted by atomic mass is 35.5. The Hall–Kier alpha value is -1.94. The molecule has 1 heterocycles.